The van der Waals surface area contributed by atoms with E-state index in [2.05, 4.69) is 13.8 Å². The molecule has 0 aromatic rings. The van der Waals surface area contributed by atoms with Crippen molar-refractivity contribution in [1.29, 1.82) is 0 Å². The van der Waals surface area contributed by atoms with Crippen LogP contribution in [0.3, 0.4) is 0 Å². The highest BCUT2D eigenvalue weighted by Gasteiger charge is 2.27. The molecule has 1 unspecified atom stereocenters. The molecule has 106 valence electrons. The Morgan fingerprint density at radius 3 is 2.50 bits per heavy atom. The number of nitrogens with zero attached hydrogens (tertiary/aromatic N) is 1. The number of carbonyl (C=O) groups excluding carboxylic acids is 1. The van der Waals surface area contributed by atoms with Gasteiger partial charge in [0.25, 0.3) is 0 Å². The van der Waals surface area contributed by atoms with Gasteiger partial charge in [-0.1, -0.05) is 6.92 Å². The number of hydrogen-bond donors (Lipinski definition) is 1. The second kappa shape index (κ2) is 7.74. The molecule has 1 fully saturated rings. The molecule has 1 aliphatic carbocycles. The van der Waals surface area contributed by atoms with Crippen molar-refractivity contribution in [2.24, 2.45) is 11.7 Å². The fraction of sp³-hybridized carbons (Fsp3) is 0.929. The van der Waals surface area contributed by atoms with E-state index in [0.29, 0.717) is 31.0 Å². The summed E-state index contributed by atoms with van der Waals surface area (Å²) in [6, 6.07) is 0.736. The zero-order valence-electron chi connectivity index (χ0n) is 12.0. The first-order chi connectivity index (χ1) is 8.58. The summed E-state index contributed by atoms with van der Waals surface area (Å²) >= 11 is 0. The van der Waals surface area contributed by atoms with Crippen LogP contribution in [0.25, 0.3) is 0 Å². The number of amides is 1. The minimum atomic E-state index is 0.266. The van der Waals surface area contributed by atoms with E-state index < -0.39 is 0 Å². The van der Waals surface area contributed by atoms with Gasteiger partial charge in [-0.2, -0.15) is 0 Å². The van der Waals surface area contributed by atoms with Gasteiger partial charge in [0.1, 0.15) is 0 Å². The summed E-state index contributed by atoms with van der Waals surface area (Å²) in [5.74, 6) is 0.560. The second-order valence-corrected chi connectivity index (χ2v) is 5.51. The molecule has 0 aromatic heterocycles. The summed E-state index contributed by atoms with van der Waals surface area (Å²) in [6.07, 6.45) is 4.78. The van der Waals surface area contributed by atoms with Crippen molar-refractivity contribution in [2.45, 2.75) is 58.0 Å². The van der Waals surface area contributed by atoms with Gasteiger partial charge < -0.3 is 15.4 Å². The Labute approximate surface area is 111 Å². The summed E-state index contributed by atoms with van der Waals surface area (Å²) < 4.78 is 5.09. The third-order valence-corrected chi connectivity index (χ3v) is 3.82. The van der Waals surface area contributed by atoms with E-state index in [1.807, 2.05) is 4.90 Å². The van der Waals surface area contributed by atoms with E-state index in [-0.39, 0.29) is 5.91 Å². The highest BCUT2D eigenvalue weighted by atomic mass is 16.5. The van der Waals surface area contributed by atoms with E-state index in [4.69, 9.17) is 10.5 Å². The largest absolute Gasteiger partial charge is 0.384 e. The first kappa shape index (κ1) is 15.4. The maximum Gasteiger partial charge on any atom is 0.223 e. The van der Waals surface area contributed by atoms with Crippen molar-refractivity contribution in [2.75, 3.05) is 20.3 Å². The molecular weight excluding hydrogens is 228 g/mol. The fourth-order valence-electron chi connectivity index (χ4n) is 2.81. The van der Waals surface area contributed by atoms with Gasteiger partial charge in [0.2, 0.25) is 5.91 Å². The summed E-state index contributed by atoms with van der Waals surface area (Å²) in [5.41, 5.74) is 5.91. The number of carbonyl (C=O) groups is 1. The first-order valence-corrected chi connectivity index (χ1v) is 7.12. The lowest BCUT2D eigenvalue weighted by Crippen LogP contribution is -2.44. The number of rotatable bonds is 6. The normalized spacial score (nSPS) is 25.8. The van der Waals surface area contributed by atoms with Crippen LogP contribution in [0.1, 0.15) is 46.0 Å². The summed E-state index contributed by atoms with van der Waals surface area (Å²) in [7, 11) is 1.68. The van der Waals surface area contributed by atoms with Crippen molar-refractivity contribution in [3.8, 4) is 0 Å². The van der Waals surface area contributed by atoms with Gasteiger partial charge in [-0.3, -0.25) is 4.79 Å². The summed E-state index contributed by atoms with van der Waals surface area (Å²) in [6.45, 7) is 5.58. The van der Waals surface area contributed by atoms with Crippen molar-refractivity contribution in [3.63, 3.8) is 0 Å². The molecule has 0 bridgehead atoms. The predicted octanol–water partition coefficient (Wildman–Crippen LogP) is 1.78. The standard InChI is InChI=1S/C14H28N2O2/c1-4-16(13-7-5-12(15)6-8-13)14(17)9-11(2)10-18-3/h11-13H,4-10,15H2,1-3H3. The number of hydrogen-bond acceptors (Lipinski definition) is 3. The van der Waals surface area contributed by atoms with Crippen LogP contribution in [0.15, 0.2) is 0 Å². The number of methoxy groups -OCH3 is 1. The van der Waals surface area contributed by atoms with Gasteiger partial charge in [0.05, 0.1) is 0 Å². The maximum atomic E-state index is 12.3. The third kappa shape index (κ3) is 4.58. The van der Waals surface area contributed by atoms with Crippen LogP contribution in [-0.2, 0) is 9.53 Å². The average Bonchev–Trinajstić information content (AvgIpc) is 2.32. The summed E-state index contributed by atoms with van der Waals surface area (Å²) in [4.78, 5) is 14.3. The molecule has 1 atom stereocenters. The molecule has 0 aliphatic heterocycles. The zero-order valence-corrected chi connectivity index (χ0v) is 12.0. The average molecular weight is 256 g/mol. The lowest BCUT2D eigenvalue weighted by Gasteiger charge is -2.36. The van der Waals surface area contributed by atoms with E-state index in [1.165, 1.54) is 0 Å². The molecule has 4 heteroatoms. The Kier molecular flexibility index (Phi) is 6.65. The van der Waals surface area contributed by atoms with E-state index in [9.17, 15) is 4.79 Å². The SMILES string of the molecule is CCN(C(=O)CC(C)COC)C1CCC(N)CC1. The fourth-order valence-corrected chi connectivity index (χ4v) is 2.81. The van der Waals surface area contributed by atoms with Gasteiger partial charge >= 0.3 is 0 Å². The van der Waals surface area contributed by atoms with Crippen LogP contribution in [0, 0.1) is 5.92 Å². The van der Waals surface area contributed by atoms with Crippen LogP contribution in [0.5, 0.6) is 0 Å². The third-order valence-electron chi connectivity index (χ3n) is 3.82. The number of ether oxygens (including phenoxy) is 1. The lowest BCUT2D eigenvalue weighted by molar-refractivity contribution is -0.135. The highest BCUT2D eigenvalue weighted by molar-refractivity contribution is 5.76. The van der Waals surface area contributed by atoms with Gasteiger partial charge in [-0.05, 0) is 38.5 Å². The van der Waals surface area contributed by atoms with Crippen LogP contribution < -0.4 is 5.73 Å². The second-order valence-electron chi connectivity index (χ2n) is 5.51. The number of nitrogens with two attached hydrogens (primary N) is 1. The molecule has 1 amide bonds. The molecule has 0 spiro atoms. The Bertz CT molecular complexity index is 250. The van der Waals surface area contributed by atoms with Gasteiger partial charge in [-0.15, -0.1) is 0 Å². The zero-order chi connectivity index (χ0) is 13.5. The van der Waals surface area contributed by atoms with Gasteiger partial charge in [0, 0.05) is 38.8 Å². The van der Waals surface area contributed by atoms with Crippen molar-refractivity contribution >= 4 is 5.91 Å². The molecule has 18 heavy (non-hydrogen) atoms. The van der Waals surface area contributed by atoms with Crippen molar-refractivity contribution in [1.82, 2.24) is 4.90 Å². The van der Waals surface area contributed by atoms with Crippen LogP contribution in [0.4, 0.5) is 0 Å². The molecule has 1 rings (SSSR count). The van der Waals surface area contributed by atoms with Crippen LogP contribution in [0.2, 0.25) is 0 Å². The van der Waals surface area contributed by atoms with Gasteiger partial charge in [-0.25, -0.2) is 0 Å². The molecule has 0 radical (unpaired) electrons. The van der Waals surface area contributed by atoms with Crippen LogP contribution in [-0.4, -0.2) is 43.2 Å². The monoisotopic (exact) mass is 256 g/mol. The van der Waals surface area contributed by atoms with Crippen LogP contribution >= 0.6 is 0 Å². The highest BCUT2D eigenvalue weighted by Crippen LogP contribution is 2.23. The van der Waals surface area contributed by atoms with Crippen molar-refractivity contribution in [3.05, 3.63) is 0 Å². The Morgan fingerprint density at radius 1 is 1.39 bits per heavy atom. The molecule has 0 heterocycles. The molecule has 1 saturated carbocycles. The molecular formula is C14H28N2O2. The minimum absolute atomic E-state index is 0.266. The molecule has 2 N–H and O–H groups in total. The molecule has 0 aromatic carbocycles. The van der Waals surface area contributed by atoms with Gasteiger partial charge in [0.15, 0.2) is 0 Å². The van der Waals surface area contributed by atoms with E-state index in [0.717, 1.165) is 32.2 Å². The Morgan fingerprint density at radius 2 is 2.00 bits per heavy atom. The maximum absolute atomic E-state index is 12.3. The molecule has 0 saturated heterocycles. The Balaban J connectivity index is 2.46. The predicted molar refractivity (Wildman–Crippen MR) is 73.3 cm³/mol. The van der Waals surface area contributed by atoms with Crippen molar-refractivity contribution < 1.29 is 9.53 Å². The minimum Gasteiger partial charge on any atom is -0.384 e. The lowest BCUT2D eigenvalue weighted by atomic mass is 9.90. The summed E-state index contributed by atoms with van der Waals surface area (Å²) in [5, 5.41) is 0. The van der Waals surface area contributed by atoms with E-state index >= 15 is 0 Å². The molecule has 1 aliphatic rings. The molecule has 4 nitrogen and oxygen atoms in total. The topological polar surface area (TPSA) is 55.6 Å². The van der Waals surface area contributed by atoms with E-state index in [1.54, 1.807) is 7.11 Å². The first-order valence-electron chi connectivity index (χ1n) is 7.12. The smallest absolute Gasteiger partial charge is 0.223 e. The quantitative estimate of drug-likeness (QED) is 0.788. The Hall–Kier alpha value is -0.610.